The molecule has 1 atom stereocenters. The molecule has 2 rings (SSSR count). The number of benzene rings is 2. The van der Waals surface area contributed by atoms with Crippen molar-refractivity contribution in [1.29, 1.82) is 5.26 Å². The molecule has 6 heteroatoms. The van der Waals surface area contributed by atoms with E-state index in [1.807, 2.05) is 13.0 Å². The van der Waals surface area contributed by atoms with E-state index in [1.165, 1.54) is 18.2 Å². The lowest BCUT2D eigenvalue weighted by Crippen LogP contribution is -2.24. The molecule has 0 spiro atoms. The maximum absolute atomic E-state index is 12.0. The maximum Gasteiger partial charge on any atom is 0.276 e. The first kappa shape index (κ1) is 16.9. The van der Waals surface area contributed by atoms with E-state index < -0.39 is 4.92 Å². The van der Waals surface area contributed by atoms with Gasteiger partial charge in [-0.3, -0.25) is 14.9 Å². The number of nitrogens with zero attached hydrogens (tertiary/aromatic N) is 2. The topological polar surface area (TPSA) is 96.0 Å². The molecule has 0 aliphatic heterocycles. The van der Waals surface area contributed by atoms with Crippen LogP contribution in [-0.2, 0) is 4.79 Å². The van der Waals surface area contributed by atoms with Crippen molar-refractivity contribution < 1.29 is 9.72 Å². The summed E-state index contributed by atoms with van der Waals surface area (Å²) < 4.78 is 0. The summed E-state index contributed by atoms with van der Waals surface area (Å²) >= 11 is 0. The van der Waals surface area contributed by atoms with Gasteiger partial charge in [0, 0.05) is 12.1 Å². The van der Waals surface area contributed by atoms with Crippen LogP contribution >= 0.6 is 0 Å². The number of carbonyl (C=O) groups excluding carboxylic acids is 1. The predicted molar refractivity (Wildman–Crippen MR) is 89.8 cm³/mol. The number of hydrogen-bond donors (Lipinski definition) is 1. The molecule has 6 nitrogen and oxygen atoms in total. The molecule has 0 aliphatic carbocycles. The standard InChI is InChI=1S/C18H15N3O3/c1-13(15-8-6-14(12-19)7-9-15)20-18(22)11-10-16-4-2-3-5-17(16)21(23)24/h2-11,13H,1H3,(H,20,22)/b11-10+. The predicted octanol–water partition coefficient (Wildman–Crippen LogP) is 3.36. The SMILES string of the molecule is CC(NC(=O)/C=C/c1ccccc1[N+](=O)[O-])c1ccc(C#N)cc1. The Morgan fingerprint density at radius 3 is 2.54 bits per heavy atom. The summed E-state index contributed by atoms with van der Waals surface area (Å²) in [5.41, 5.74) is 1.72. The van der Waals surface area contributed by atoms with E-state index in [2.05, 4.69) is 5.32 Å². The minimum absolute atomic E-state index is 0.0540. The van der Waals surface area contributed by atoms with E-state index in [4.69, 9.17) is 5.26 Å². The Balaban J connectivity index is 2.05. The molecule has 120 valence electrons. The van der Waals surface area contributed by atoms with Crippen molar-refractivity contribution in [3.8, 4) is 6.07 Å². The molecule has 24 heavy (non-hydrogen) atoms. The average molecular weight is 321 g/mol. The van der Waals surface area contributed by atoms with Gasteiger partial charge in [0.25, 0.3) is 5.69 Å². The van der Waals surface area contributed by atoms with Crippen molar-refractivity contribution in [3.63, 3.8) is 0 Å². The fraction of sp³-hybridized carbons (Fsp3) is 0.111. The van der Waals surface area contributed by atoms with Crippen molar-refractivity contribution >= 4 is 17.7 Å². The largest absolute Gasteiger partial charge is 0.346 e. The Morgan fingerprint density at radius 1 is 1.25 bits per heavy atom. The summed E-state index contributed by atoms with van der Waals surface area (Å²) in [4.78, 5) is 22.4. The molecule has 1 unspecified atom stereocenters. The number of hydrogen-bond acceptors (Lipinski definition) is 4. The molecule has 0 fully saturated rings. The van der Waals surface area contributed by atoms with Crippen LogP contribution in [0.25, 0.3) is 6.08 Å². The minimum atomic E-state index is -0.489. The van der Waals surface area contributed by atoms with Crippen molar-refractivity contribution in [2.24, 2.45) is 0 Å². The zero-order valence-corrected chi connectivity index (χ0v) is 13.0. The number of nitro groups is 1. The monoisotopic (exact) mass is 321 g/mol. The summed E-state index contributed by atoms with van der Waals surface area (Å²) in [7, 11) is 0. The molecule has 0 aromatic heterocycles. The highest BCUT2D eigenvalue weighted by molar-refractivity contribution is 5.92. The molecule has 0 radical (unpaired) electrons. The molecule has 2 aromatic carbocycles. The third kappa shape index (κ3) is 4.27. The highest BCUT2D eigenvalue weighted by atomic mass is 16.6. The molecule has 1 amide bonds. The van der Waals surface area contributed by atoms with Crippen LogP contribution < -0.4 is 5.32 Å². The number of para-hydroxylation sites is 1. The third-order valence-corrected chi connectivity index (χ3v) is 3.45. The number of nitro benzene ring substituents is 1. The molecule has 0 heterocycles. The molecule has 0 bridgehead atoms. The molecule has 2 aromatic rings. The van der Waals surface area contributed by atoms with E-state index in [0.717, 1.165) is 5.56 Å². The first-order chi connectivity index (χ1) is 11.5. The highest BCUT2D eigenvalue weighted by Gasteiger charge is 2.11. The molecule has 0 saturated heterocycles. The van der Waals surface area contributed by atoms with Gasteiger partial charge in [-0.05, 0) is 36.8 Å². The third-order valence-electron chi connectivity index (χ3n) is 3.45. The molecule has 1 N–H and O–H groups in total. The zero-order chi connectivity index (χ0) is 17.5. The first-order valence-electron chi connectivity index (χ1n) is 7.23. The summed E-state index contributed by atoms with van der Waals surface area (Å²) in [5, 5.41) is 22.5. The van der Waals surface area contributed by atoms with Crippen LogP contribution in [0.4, 0.5) is 5.69 Å². The fourth-order valence-electron chi connectivity index (χ4n) is 2.15. The molecular formula is C18H15N3O3. The van der Waals surface area contributed by atoms with E-state index in [0.29, 0.717) is 11.1 Å². The van der Waals surface area contributed by atoms with Gasteiger partial charge in [0.2, 0.25) is 5.91 Å². The summed E-state index contributed by atoms with van der Waals surface area (Å²) in [6.45, 7) is 1.82. The summed E-state index contributed by atoms with van der Waals surface area (Å²) in [5.74, 6) is -0.356. The van der Waals surface area contributed by atoms with Gasteiger partial charge in [-0.15, -0.1) is 0 Å². The van der Waals surface area contributed by atoms with Gasteiger partial charge in [0.1, 0.15) is 0 Å². The van der Waals surface area contributed by atoms with Crippen LogP contribution in [0, 0.1) is 21.4 Å². The Hall–Kier alpha value is -3.46. The van der Waals surface area contributed by atoms with Crippen LogP contribution in [-0.4, -0.2) is 10.8 Å². The van der Waals surface area contributed by atoms with Gasteiger partial charge < -0.3 is 5.32 Å². The smallest absolute Gasteiger partial charge is 0.276 e. The van der Waals surface area contributed by atoms with Gasteiger partial charge >= 0.3 is 0 Å². The fourth-order valence-corrected chi connectivity index (χ4v) is 2.15. The Labute approximate surface area is 139 Å². The van der Waals surface area contributed by atoms with Gasteiger partial charge in [-0.25, -0.2) is 0 Å². The second-order valence-corrected chi connectivity index (χ2v) is 5.11. The number of rotatable bonds is 5. The van der Waals surface area contributed by atoms with Gasteiger partial charge in [0.05, 0.1) is 28.2 Å². The second-order valence-electron chi connectivity index (χ2n) is 5.11. The van der Waals surface area contributed by atoms with Crippen molar-refractivity contribution in [2.45, 2.75) is 13.0 Å². The first-order valence-corrected chi connectivity index (χ1v) is 7.23. The lowest BCUT2D eigenvalue weighted by Gasteiger charge is -2.12. The van der Waals surface area contributed by atoms with Crippen molar-refractivity contribution in [3.05, 3.63) is 81.4 Å². The molecule has 0 saturated carbocycles. The van der Waals surface area contributed by atoms with Crippen LogP contribution in [0.2, 0.25) is 0 Å². The van der Waals surface area contributed by atoms with E-state index in [9.17, 15) is 14.9 Å². The summed E-state index contributed by atoms with van der Waals surface area (Å²) in [6, 6.07) is 14.9. The van der Waals surface area contributed by atoms with Crippen LogP contribution in [0.5, 0.6) is 0 Å². The van der Waals surface area contributed by atoms with Crippen molar-refractivity contribution in [2.75, 3.05) is 0 Å². The quantitative estimate of drug-likeness (QED) is 0.519. The Kier molecular flexibility index (Phi) is 5.42. The van der Waals surface area contributed by atoms with E-state index in [1.54, 1.807) is 42.5 Å². The van der Waals surface area contributed by atoms with Gasteiger partial charge in [-0.1, -0.05) is 24.3 Å². The highest BCUT2D eigenvalue weighted by Crippen LogP contribution is 2.19. The van der Waals surface area contributed by atoms with Gasteiger partial charge in [0.15, 0.2) is 0 Å². The lowest BCUT2D eigenvalue weighted by molar-refractivity contribution is -0.385. The van der Waals surface area contributed by atoms with E-state index in [-0.39, 0.29) is 17.6 Å². The minimum Gasteiger partial charge on any atom is -0.346 e. The number of nitrogens with one attached hydrogen (secondary N) is 1. The molecule has 0 aliphatic rings. The second kappa shape index (κ2) is 7.70. The molecular weight excluding hydrogens is 306 g/mol. The Bertz CT molecular complexity index is 820. The lowest BCUT2D eigenvalue weighted by atomic mass is 10.1. The number of amides is 1. The number of nitriles is 1. The van der Waals surface area contributed by atoms with E-state index >= 15 is 0 Å². The normalized spacial score (nSPS) is 11.7. The maximum atomic E-state index is 12.0. The van der Waals surface area contributed by atoms with Crippen molar-refractivity contribution in [1.82, 2.24) is 5.32 Å². The van der Waals surface area contributed by atoms with Gasteiger partial charge in [-0.2, -0.15) is 5.26 Å². The summed E-state index contributed by atoms with van der Waals surface area (Å²) in [6.07, 6.45) is 2.68. The van der Waals surface area contributed by atoms with Crippen LogP contribution in [0.3, 0.4) is 0 Å². The average Bonchev–Trinajstić information content (AvgIpc) is 2.60. The zero-order valence-electron chi connectivity index (χ0n) is 13.0. The van der Waals surface area contributed by atoms with Crippen LogP contribution in [0.1, 0.15) is 29.7 Å². The number of carbonyl (C=O) groups is 1. The van der Waals surface area contributed by atoms with Crippen LogP contribution in [0.15, 0.2) is 54.6 Å². The Morgan fingerprint density at radius 2 is 1.92 bits per heavy atom.